The molecule has 0 aliphatic rings. The predicted molar refractivity (Wildman–Crippen MR) is 59.1 cm³/mol. The number of rotatable bonds is 4. The van der Waals surface area contributed by atoms with Gasteiger partial charge in [-0.3, -0.25) is 0 Å². The Bertz CT molecular complexity index is 334. The average molecular weight is 187 g/mol. The summed E-state index contributed by atoms with van der Waals surface area (Å²) in [4.78, 5) is 0. The van der Waals surface area contributed by atoms with Gasteiger partial charge < -0.3 is 0 Å². The third-order valence-electron chi connectivity index (χ3n) is 2.48. The topological polar surface area (TPSA) is 23.8 Å². The van der Waals surface area contributed by atoms with Crippen LogP contribution in [0.1, 0.15) is 36.0 Å². The molecule has 0 bridgehead atoms. The fraction of sp³-hybridized carbons (Fsp3) is 0.462. The first-order valence-corrected chi connectivity index (χ1v) is 5.17. The second-order valence-electron chi connectivity index (χ2n) is 3.80. The van der Waals surface area contributed by atoms with E-state index in [2.05, 4.69) is 38.1 Å². The maximum atomic E-state index is 8.40. The van der Waals surface area contributed by atoms with Crippen molar-refractivity contribution in [3.8, 4) is 6.07 Å². The van der Waals surface area contributed by atoms with Gasteiger partial charge in [0.05, 0.1) is 6.07 Å². The molecule has 0 saturated carbocycles. The zero-order chi connectivity index (χ0) is 10.4. The van der Waals surface area contributed by atoms with Crippen LogP contribution in [-0.4, -0.2) is 0 Å². The highest BCUT2D eigenvalue weighted by molar-refractivity contribution is 5.30. The monoisotopic (exact) mass is 187 g/mol. The second-order valence-corrected chi connectivity index (χ2v) is 3.80. The van der Waals surface area contributed by atoms with Crippen LogP contribution in [0, 0.1) is 25.2 Å². The molecule has 0 aliphatic carbocycles. The zero-order valence-electron chi connectivity index (χ0n) is 9.01. The first kappa shape index (κ1) is 10.8. The van der Waals surface area contributed by atoms with Crippen LogP contribution >= 0.6 is 0 Å². The lowest BCUT2D eigenvalue weighted by molar-refractivity contribution is 0.750. The van der Waals surface area contributed by atoms with Crippen LogP contribution in [0.25, 0.3) is 0 Å². The highest BCUT2D eigenvalue weighted by atomic mass is 14.2. The van der Waals surface area contributed by atoms with E-state index in [0.29, 0.717) is 6.42 Å². The number of unbranched alkanes of at least 4 members (excludes halogenated alkanes) is 2. The van der Waals surface area contributed by atoms with Gasteiger partial charge in [-0.25, -0.2) is 0 Å². The molecular weight excluding hydrogens is 170 g/mol. The van der Waals surface area contributed by atoms with Crippen molar-refractivity contribution in [1.29, 1.82) is 5.26 Å². The molecule has 0 amide bonds. The van der Waals surface area contributed by atoms with Gasteiger partial charge in [-0.05, 0) is 44.2 Å². The van der Waals surface area contributed by atoms with Crippen molar-refractivity contribution in [2.75, 3.05) is 0 Å². The van der Waals surface area contributed by atoms with E-state index < -0.39 is 0 Å². The summed E-state index contributed by atoms with van der Waals surface area (Å²) in [5.41, 5.74) is 4.12. The van der Waals surface area contributed by atoms with E-state index in [1.54, 1.807) is 0 Å². The van der Waals surface area contributed by atoms with Crippen LogP contribution in [0.2, 0.25) is 0 Å². The molecule has 74 valence electrons. The van der Waals surface area contributed by atoms with Crippen molar-refractivity contribution >= 4 is 0 Å². The SMILES string of the molecule is Cc1ccc(CCCCC#N)c(C)c1. The number of nitriles is 1. The second kappa shape index (κ2) is 5.44. The predicted octanol–water partition coefficient (Wildman–Crippen LogP) is 3.54. The molecule has 14 heavy (non-hydrogen) atoms. The maximum Gasteiger partial charge on any atom is 0.0621 e. The third-order valence-corrected chi connectivity index (χ3v) is 2.48. The molecule has 0 fully saturated rings. The highest BCUT2D eigenvalue weighted by Crippen LogP contribution is 2.13. The third kappa shape index (κ3) is 3.22. The molecule has 1 nitrogen and oxygen atoms in total. The normalized spacial score (nSPS) is 9.79. The Hall–Kier alpha value is -1.29. The molecule has 1 heteroatoms. The van der Waals surface area contributed by atoms with Gasteiger partial charge >= 0.3 is 0 Å². The summed E-state index contributed by atoms with van der Waals surface area (Å²) in [6.45, 7) is 4.28. The molecular formula is C13H17N. The molecule has 0 radical (unpaired) electrons. The van der Waals surface area contributed by atoms with Crippen molar-refractivity contribution in [3.63, 3.8) is 0 Å². The minimum Gasteiger partial charge on any atom is -0.198 e. The molecule has 0 aromatic heterocycles. The van der Waals surface area contributed by atoms with E-state index in [4.69, 9.17) is 5.26 Å². The van der Waals surface area contributed by atoms with E-state index in [1.165, 1.54) is 16.7 Å². The van der Waals surface area contributed by atoms with Gasteiger partial charge in [0, 0.05) is 6.42 Å². The van der Waals surface area contributed by atoms with E-state index in [9.17, 15) is 0 Å². The van der Waals surface area contributed by atoms with Crippen molar-refractivity contribution in [1.82, 2.24) is 0 Å². The summed E-state index contributed by atoms with van der Waals surface area (Å²) < 4.78 is 0. The standard InChI is InChI=1S/C13H17N/c1-11-7-8-13(12(2)10-11)6-4-3-5-9-14/h7-8,10H,3-6H2,1-2H3. The van der Waals surface area contributed by atoms with E-state index in [0.717, 1.165) is 19.3 Å². The highest BCUT2D eigenvalue weighted by Gasteiger charge is 1.98. The summed E-state index contributed by atoms with van der Waals surface area (Å²) >= 11 is 0. The molecule has 0 heterocycles. The number of aryl methyl sites for hydroxylation is 3. The average Bonchev–Trinajstić information content (AvgIpc) is 2.15. The van der Waals surface area contributed by atoms with Gasteiger partial charge in [-0.1, -0.05) is 23.8 Å². The largest absolute Gasteiger partial charge is 0.198 e. The van der Waals surface area contributed by atoms with Crippen molar-refractivity contribution < 1.29 is 0 Å². The van der Waals surface area contributed by atoms with Crippen LogP contribution in [0.15, 0.2) is 18.2 Å². The fourth-order valence-corrected chi connectivity index (χ4v) is 1.65. The number of benzene rings is 1. The number of hydrogen-bond donors (Lipinski definition) is 0. The van der Waals surface area contributed by atoms with Gasteiger partial charge in [-0.15, -0.1) is 0 Å². The Labute approximate surface area is 86.4 Å². The van der Waals surface area contributed by atoms with Crippen molar-refractivity contribution in [2.45, 2.75) is 39.5 Å². The van der Waals surface area contributed by atoms with Crippen LogP contribution in [0.5, 0.6) is 0 Å². The summed E-state index contributed by atoms with van der Waals surface area (Å²) in [5, 5.41) is 8.40. The first-order valence-electron chi connectivity index (χ1n) is 5.17. The molecule has 0 spiro atoms. The lowest BCUT2D eigenvalue weighted by Gasteiger charge is -2.05. The minimum absolute atomic E-state index is 0.685. The lowest BCUT2D eigenvalue weighted by Crippen LogP contribution is -1.90. The van der Waals surface area contributed by atoms with Gasteiger partial charge in [0.1, 0.15) is 0 Å². The zero-order valence-corrected chi connectivity index (χ0v) is 9.01. The Morgan fingerprint density at radius 3 is 2.64 bits per heavy atom. The number of hydrogen-bond acceptors (Lipinski definition) is 1. The maximum absolute atomic E-state index is 8.40. The molecule has 0 atom stereocenters. The van der Waals surface area contributed by atoms with Crippen LogP contribution in [-0.2, 0) is 6.42 Å². The Balaban J connectivity index is 2.47. The molecule has 1 rings (SSSR count). The van der Waals surface area contributed by atoms with Gasteiger partial charge in [0.15, 0.2) is 0 Å². The van der Waals surface area contributed by atoms with Gasteiger partial charge in [0.2, 0.25) is 0 Å². The number of nitrogens with zero attached hydrogens (tertiary/aromatic N) is 1. The lowest BCUT2D eigenvalue weighted by atomic mass is 10.0. The Kier molecular flexibility index (Phi) is 4.19. The summed E-state index contributed by atoms with van der Waals surface area (Å²) in [6.07, 6.45) is 3.93. The molecule has 0 saturated heterocycles. The van der Waals surface area contributed by atoms with E-state index in [1.807, 2.05) is 0 Å². The van der Waals surface area contributed by atoms with Crippen molar-refractivity contribution in [2.24, 2.45) is 0 Å². The molecule has 0 aliphatic heterocycles. The Morgan fingerprint density at radius 2 is 2.00 bits per heavy atom. The molecule has 1 aromatic carbocycles. The van der Waals surface area contributed by atoms with Crippen LogP contribution in [0.3, 0.4) is 0 Å². The summed E-state index contributed by atoms with van der Waals surface area (Å²) in [6, 6.07) is 8.76. The molecule has 0 unspecified atom stereocenters. The smallest absolute Gasteiger partial charge is 0.0621 e. The Morgan fingerprint density at radius 1 is 1.21 bits per heavy atom. The first-order chi connectivity index (χ1) is 6.74. The quantitative estimate of drug-likeness (QED) is 0.661. The van der Waals surface area contributed by atoms with E-state index >= 15 is 0 Å². The van der Waals surface area contributed by atoms with Gasteiger partial charge in [0.25, 0.3) is 0 Å². The van der Waals surface area contributed by atoms with Gasteiger partial charge in [-0.2, -0.15) is 5.26 Å². The van der Waals surface area contributed by atoms with E-state index in [-0.39, 0.29) is 0 Å². The molecule has 0 N–H and O–H groups in total. The summed E-state index contributed by atoms with van der Waals surface area (Å²) in [5.74, 6) is 0. The fourth-order valence-electron chi connectivity index (χ4n) is 1.65. The minimum atomic E-state index is 0.685. The van der Waals surface area contributed by atoms with Crippen LogP contribution in [0.4, 0.5) is 0 Å². The van der Waals surface area contributed by atoms with Crippen molar-refractivity contribution in [3.05, 3.63) is 34.9 Å². The summed E-state index contributed by atoms with van der Waals surface area (Å²) in [7, 11) is 0. The molecule has 1 aromatic rings. The van der Waals surface area contributed by atoms with Crippen LogP contribution < -0.4 is 0 Å².